The summed E-state index contributed by atoms with van der Waals surface area (Å²) in [6.45, 7) is 6.99. The van der Waals surface area contributed by atoms with Gasteiger partial charge in [0.25, 0.3) is 0 Å². The number of rotatable bonds is 6. The van der Waals surface area contributed by atoms with Gasteiger partial charge in [-0.25, -0.2) is 9.97 Å². The molecule has 3 aromatic rings. The Morgan fingerprint density at radius 2 is 2.14 bits per heavy atom. The van der Waals surface area contributed by atoms with E-state index < -0.39 is 0 Å². The summed E-state index contributed by atoms with van der Waals surface area (Å²) in [5.41, 5.74) is 2.36. The van der Waals surface area contributed by atoms with Gasteiger partial charge >= 0.3 is 0 Å². The van der Waals surface area contributed by atoms with Crippen molar-refractivity contribution in [3.63, 3.8) is 0 Å². The molecule has 3 aromatic heterocycles. The number of aromatic nitrogens is 4. The Balaban J connectivity index is 1.84. The van der Waals surface area contributed by atoms with Crippen molar-refractivity contribution in [3.05, 3.63) is 48.8 Å². The standard InChI is InChI=1S/C16H21N5/c1-13(2)19-10-14-11-21(9-8-20-7-6-17-12-20)16-15(14)4-3-5-18-16/h3-7,11-13,19H,8-10H2,1-2H3. The van der Waals surface area contributed by atoms with E-state index in [2.05, 4.69) is 50.5 Å². The van der Waals surface area contributed by atoms with E-state index in [1.807, 2.05) is 31.0 Å². The first-order chi connectivity index (χ1) is 10.2. The molecule has 21 heavy (non-hydrogen) atoms. The molecule has 0 amide bonds. The van der Waals surface area contributed by atoms with Crippen LogP contribution in [0.4, 0.5) is 0 Å². The number of imidazole rings is 1. The Labute approximate surface area is 124 Å². The van der Waals surface area contributed by atoms with Crippen molar-refractivity contribution in [1.29, 1.82) is 0 Å². The van der Waals surface area contributed by atoms with E-state index in [9.17, 15) is 0 Å². The van der Waals surface area contributed by atoms with Crippen LogP contribution in [-0.4, -0.2) is 25.1 Å². The van der Waals surface area contributed by atoms with Crippen molar-refractivity contribution in [3.8, 4) is 0 Å². The average molecular weight is 283 g/mol. The number of aryl methyl sites for hydroxylation is 2. The third-order valence-electron chi connectivity index (χ3n) is 3.58. The Bertz CT molecular complexity index is 697. The summed E-state index contributed by atoms with van der Waals surface area (Å²) in [6, 6.07) is 4.63. The Morgan fingerprint density at radius 3 is 2.90 bits per heavy atom. The first-order valence-corrected chi connectivity index (χ1v) is 7.36. The highest BCUT2D eigenvalue weighted by Crippen LogP contribution is 2.19. The molecular weight excluding hydrogens is 262 g/mol. The lowest BCUT2D eigenvalue weighted by Crippen LogP contribution is -2.21. The first kappa shape index (κ1) is 13.8. The first-order valence-electron chi connectivity index (χ1n) is 7.36. The third-order valence-corrected chi connectivity index (χ3v) is 3.58. The summed E-state index contributed by atoms with van der Waals surface area (Å²) < 4.78 is 4.31. The van der Waals surface area contributed by atoms with E-state index >= 15 is 0 Å². The van der Waals surface area contributed by atoms with Crippen molar-refractivity contribution >= 4 is 11.0 Å². The summed E-state index contributed by atoms with van der Waals surface area (Å²) in [5.74, 6) is 0. The molecule has 0 fully saturated rings. The maximum Gasteiger partial charge on any atom is 0.140 e. The van der Waals surface area contributed by atoms with Gasteiger partial charge in [-0.15, -0.1) is 0 Å². The fourth-order valence-corrected chi connectivity index (χ4v) is 2.46. The smallest absolute Gasteiger partial charge is 0.140 e. The van der Waals surface area contributed by atoms with Crippen LogP contribution in [0.5, 0.6) is 0 Å². The van der Waals surface area contributed by atoms with Gasteiger partial charge < -0.3 is 14.5 Å². The normalized spacial score (nSPS) is 11.6. The van der Waals surface area contributed by atoms with Gasteiger partial charge in [-0.2, -0.15) is 0 Å². The molecule has 0 aliphatic rings. The highest BCUT2D eigenvalue weighted by Gasteiger charge is 2.09. The van der Waals surface area contributed by atoms with E-state index in [1.54, 1.807) is 0 Å². The summed E-state index contributed by atoms with van der Waals surface area (Å²) in [5, 5.41) is 4.71. The minimum atomic E-state index is 0.478. The van der Waals surface area contributed by atoms with Gasteiger partial charge in [0, 0.05) is 55.8 Å². The maximum atomic E-state index is 4.54. The van der Waals surface area contributed by atoms with Crippen molar-refractivity contribution < 1.29 is 0 Å². The molecule has 3 rings (SSSR count). The van der Waals surface area contributed by atoms with Gasteiger partial charge in [-0.05, 0) is 17.7 Å². The van der Waals surface area contributed by atoms with Gasteiger partial charge in [0.2, 0.25) is 0 Å². The molecule has 0 aliphatic heterocycles. The number of nitrogens with zero attached hydrogens (tertiary/aromatic N) is 4. The minimum Gasteiger partial charge on any atom is -0.336 e. The van der Waals surface area contributed by atoms with Crippen LogP contribution in [0.3, 0.4) is 0 Å². The maximum absolute atomic E-state index is 4.54. The summed E-state index contributed by atoms with van der Waals surface area (Å²) in [7, 11) is 0. The topological polar surface area (TPSA) is 47.7 Å². The second-order valence-electron chi connectivity index (χ2n) is 5.56. The van der Waals surface area contributed by atoms with Crippen LogP contribution < -0.4 is 5.32 Å². The van der Waals surface area contributed by atoms with E-state index in [0.717, 1.165) is 25.3 Å². The van der Waals surface area contributed by atoms with Crippen LogP contribution in [0.25, 0.3) is 11.0 Å². The van der Waals surface area contributed by atoms with Crippen molar-refractivity contribution in [2.75, 3.05) is 0 Å². The molecule has 110 valence electrons. The molecule has 0 atom stereocenters. The van der Waals surface area contributed by atoms with E-state index in [1.165, 1.54) is 10.9 Å². The van der Waals surface area contributed by atoms with Gasteiger partial charge in [0.1, 0.15) is 5.65 Å². The molecular formula is C16H21N5. The zero-order chi connectivity index (χ0) is 14.7. The zero-order valence-corrected chi connectivity index (χ0v) is 12.5. The van der Waals surface area contributed by atoms with E-state index in [4.69, 9.17) is 0 Å². The van der Waals surface area contributed by atoms with E-state index in [-0.39, 0.29) is 0 Å². The number of hydrogen-bond acceptors (Lipinski definition) is 3. The van der Waals surface area contributed by atoms with Crippen LogP contribution in [0, 0.1) is 0 Å². The second kappa shape index (κ2) is 6.10. The predicted molar refractivity (Wildman–Crippen MR) is 83.9 cm³/mol. The fourth-order valence-electron chi connectivity index (χ4n) is 2.46. The number of nitrogens with one attached hydrogen (secondary N) is 1. The molecule has 0 unspecified atom stereocenters. The molecule has 1 N–H and O–H groups in total. The number of fused-ring (bicyclic) bond motifs is 1. The third kappa shape index (κ3) is 3.13. The van der Waals surface area contributed by atoms with Crippen LogP contribution in [0.2, 0.25) is 0 Å². The summed E-state index contributed by atoms with van der Waals surface area (Å²) >= 11 is 0. The van der Waals surface area contributed by atoms with Crippen molar-refractivity contribution in [2.45, 2.75) is 39.5 Å². The average Bonchev–Trinajstić information content (AvgIpc) is 3.11. The SMILES string of the molecule is CC(C)NCc1cn(CCn2ccnc2)c2ncccc12. The van der Waals surface area contributed by atoms with Crippen molar-refractivity contribution in [2.24, 2.45) is 0 Å². The van der Waals surface area contributed by atoms with Gasteiger partial charge in [-0.1, -0.05) is 13.8 Å². The molecule has 3 heterocycles. The molecule has 0 aromatic carbocycles. The summed E-state index contributed by atoms with van der Waals surface area (Å²) in [6.07, 6.45) is 9.71. The lowest BCUT2D eigenvalue weighted by Gasteiger charge is -2.06. The zero-order valence-electron chi connectivity index (χ0n) is 12.5. The molecule has 0 bridgehead atoms. The monoisotopic (exact) mass is 283 g/mol. The molecule has 0 saturated carbocycles. The lowest BCUT2D eigenvalue weighted by molar-refractivity contribution is 0.576. The van der Waals surface area contributed by atoms with E-state index in [0.29, 0.717) is 6.04 Å². The van der Waals surface area contributed by atoms with Crippen LogP contribution in [0.15, 0.2) is 43.2 Å². The number of hydrogen-bond donors (Lipinski definition) is 1. The second-order valence-corrected chi connectivity index (χ2v) is 5.56. The van der Waals surface area contributed by atoms with Crippen LogP contribution in [0.1, 0.15) is 19.4 Å². The molecule has 5 nitrogen and oxygen atoms in total. The highest BCUT2D eigenvalue weighted by molar-refractivity contribution is 5.80. The highest BCUT2D eigenvalue weighted by atomic mass is 15.1. The quantitative estimate of drug-likeness (QED) is 0.756. The Hall–Kier alpha value is -2.14. The number of pyridine rings is 1. The molecule has 0 aliphatic carbocycles. The van der Waals surface area contributed by atoms with Crippen LogP contribution >= 0.6 is 0 Å². The lowest BCUT2D eigenvalue weighted by atomic mass is 10.2. The van der Waals surface area contributed by atoms with Gasteiger partial charge in [0.05, 0.1) is 6.33 Å². The Kier molecular flexibility index (Phi) is 4.01. The fraction of sp³-hybridized carbons (Fsp3) is 0.375. The summed E-state index contributed by atoms with van der Waals surface area (Å²) in [4.78, 5) is 8.62. The molecule has 0 saturated heterocycles. The van der Waals surface area contributed by atoms with Crippen LogP contribution in [-0.2, 0) is 19.6 Å². The molecule has 0 spiro atoms. The molecule has 0 radical (unpaired) electrons. The van der Waals surface area contributed by atoms with Crippen molar-refractivity contribution in [1.82, 2.24) is 24.4 Å². The van der Waals surface area contributed by atoms with Gasteiger partial charge in [0.15, 0.2) is 0 Å². The largest absolute Gasteiger partial charge is 0.336 e. The van der Waals surface area contributed by atoms with Gasteiger partial charge in [-0.3, -0.25) is 0 Å². The minimum absolute atomic E-state index is 0.478. The predicted octanol–water partition coefficient (Wildman–Crippen LogP) is 2.43. The Morgan fingerprint density at radius 1 is 1.24 bits per heavy atom. The molecule has 5 heteroatoms.